The van der Waals surface area contributed by atoms with Gasteiger partial charge in [0.05, 0.1) is 18.0 Å². The molecule has 0 saturated carbocycles. The van der Waals surface area contributed by atoms with Crippen molar-refractivity contribution in [3.8, 4) is 11.1 Å². The van der Waals surface area contributed by atoms with Crippen LogP contribution in [-0.4, -0.2) is 36.5 Å². The number of hydrogen-bond acceptors (Lipinski definition) is 4. The van der Waals surface area contributed by atoms with Crippen molar-refractivity contribution < 1.29 is 35.1 Å². The van der Waals surface area contributed by atoms with Crippen LogP contribution in [0.5, 0.6) is 0 Å². The molecule has 0 aliphatic carbocycles. The van der Waals surface area contributed by atoms with E-state index in [4.69, 9.17) is 0 Å². The Bertz CT molecular complexity index is 1190. The van der Waals surface area contributed by atoms with E-state index in [0.717, 1.165) is 0 Å². The molecule has 0 aromatic carbocycles. The number of nitrogens with zero attached hydrogens (tertiary/aromatic N) is 4. The van der Waals surface area contributed by atoms with Gasteiger partial charge < -0.3 is 4.98 Å². The van der Waals surface area contributed by atoms with E-state index in [2.05, 4.69) is 10.2 Å². The number of nitrogens with one attached hydrogen (secondary N) is 1. The van der Waals surface area contributed by atoms with Gasteiger partial charge in [-0.2, -0.15) is 49.8 Å². The average molecular weight is 429 g/mol. The quantitative estimate of drug-likeness (QED) is 0.649. The number of rotatable bonds is 3. The summed E-state index contributed by atoms with van der Waals surface area (Å²) in [6, 6.07) is 0.667. The van der Waals surface area contributed by atoms with Crippen LogP contribution in [0.4, 0.5) is 35.1 Å². The number of hydrogen-bond donors (Lipinski definition) is 1. The minimum atomic E-state index is -5.91. The Hall–Kier alpha value is -3.26. The molecule has 0 spiro atoms. The summed E-state index contributed by atoms with van der Waals surface area (Å²) in [5, 5.41) is 6.57. The molecule has 1 N–H and O–H groups in total. The molecule has 0 unspecified atom stereocenters. The summed E-state index contributed by atoms with van der Waals surface area (Å²) < 4.78 is 104. The van der Waals surface area contributed by atoms with E-state index >= 15 is 0 Å². The molecule has 0 amide bonds. The molecule has 0 saturated heterocycles. The molecule has 3 aromatic rings. The van der Waals surface area contributed by atoms with Crippen LogP contribution in [0.2, 0.25) is 0 Å². The lowest BCUT2D eigenvalue weighted by atomic mass is 10.1. The highest BCUT2D eigenvalue weighted by Gasteiger charge is 2.57. The molecule has 29 heavy (non-hydrogen) atoms. The van der Waals surface area contributed by atoms with E-state index < -0.39 is 58.3 Å². The van der Waals surface area contributed by atoms with E-state index in [0.29, 0.717) is 29.2 Å². The van der Waals surface area contributed by atoms with Gasteiger partial charge in [-0.1, -0.05) is 0 Å². The summed E-state index contributed by atoms with van der Waals surface area (Å²) in [4.78, 5) is 25.6. The van der Waals surface area contributed by atoms with Gasteiger partial charge in [0.1, 0.15) is 17.9 Å². The SMILES string of the molecule is O=c1cnn2c(=O)c(-c3cnn(CC(F)(F)C(F)(F)F)c3)c(C(F)(F)F)[nH]c2c1. The fourth-order valence-electron chi connectivity index (χ4n) is 2.42. The highest BCUT2D eigenvalue weighted by molar-refractivity contribution is 5.65. The molecule has 156 valence electrons. The van der Waals surface area contributed by atoms with E-state index in [1.165, 1.54) is 0 Å². The molecule has 0 bridgehead atoms. The van der Waals surface area contributed by atoms with Crippen LogP contribution < -0.4 is 11.0 Å². The normalized spacial score (nSPS) is 13.2. The van der Waals surface area contributed by atoms with E-state index in [9.17, 15) is 44.7 Å². The van der Waals surface area contributed by atoms with Gasteiger partial charge in [-0.05, 0) is 0 Å². The molecule has 3 rings (SSSR count). The lowest BCUT2D eigenvalue weighted by molar-refractivity contribution is -0.287. The first-order chi connectivity index (χ1) is 13.2. The van der Waals surface area contributed by atoms with Crippen molar-refractivity contribution in [2.24, 2.45) is 0 Å². The highest BCUT2D eigenvalue weighted by Crippen LogP contribution is 2.37. The van der Waals surface area contributed by atoms with Gasteiger partial charge in [0.25, 0.3) is 5.56 Å². The van der Waals surface area contributed by atoms with Crippen LogP contribution in [-0.2, 0) is 12.7 Å². The average Bonchev–Trinajstić information content (AvgIpc) is 2.99. The number of aromatic nitrogens is 5. The first-order valence-corrected chi connectivity index (χ1v) is 7.41. The number of fused-ring (bicyclic) bond motifs is 1. The van der Waals surface area contributed by atoms with Crippen LogP contribution in [0.1, 0.15) is 5.69 Å². The molecule has 0 radical (unpaired) electrons. The van der Waals surface area contributed by atoms with Crippen LogP contribution in [0.15, 0.2) is 34.2 Å². The second-order valence-electron chi connectivity index (χ2n) is 5.80. The summed E-state index contributed by atoms with van der Waals surface area (Å²) in [7, 11) is 0. The summed E-state index contributed by atoms with van der Waals surface area (Å²) in [6.07, 6.45) is -9.46. The van der Waals surface area contributed by atoms with E-state index in [1.54, 1.807) is 0 Å². The highest BCUT2D eigenvalue weighted by atomic mass is 19.4. The fourth-order valence-corrected chi connectivity index (χ4v) is 2.42. The fraction of sp³-hybridized carbons (Fsp3) is 0.286. The van der Waals surface area contributed by atoms with Crippen molar-refractivity contribution >= 4 is 5.65 Å². The summed E-state index contributed by atoms with van der Waals surface area (Å²) in [5.41, 5.74) is -6.26. The third-order valence-electron chi connectivity index (χ3n) is 3.70. The largest absolute Gasteiger partial charge is 0.455 e. The number of alkyl halides is 8. The zero-order valence-electron chi connectivity index (χ0n) is 13.6. The molecule has 3 aromatic heterocycles. The van der Waals surface area contributed by atoms with Crippen molar-refractivity contribution in [1.29, 1.82) is 0 Å². The second kappa shape index (κ2) is 6.38. The molecular formula is C14H7F8N5O2. The van der Waals surface area contributed by atoms with Crippen LogP contribution in [0, 0.1) is 0 Å². The van der Waals surface area contributed by atoms with Gasteiger partial charge in [0, 0.05) is 17.8 Å². The summed E-state index contributed by atoms with van der Waals surface area (Å²) in [5.74, 6) is -5.21. The topological polar surface area (TPSA) is 85.1 Å². The molecule has 15 heteroatoms. The van der Waals surface area contributed by atoms with Gasteiger partial charge >= 0.3 is 18.3 Å². The Morgan fingerprint density at radius 1 is 0.966 bits per heavy atom. The first kappa shape index (κ1) is 20.5. The monoisotopic (exact) mass is 429 g/mol. The Balaban J connectivity index is 2.19. The van der Waals surface area contributed by atoms with Gasteiger partial charge in [0.15, 0.2) is 0 Å². The number of H-pyrrole nitrogens is 1. The Kier molecular flexibility index (Phi) is 4.51. The van der Waals surface area contributed by atoms with E-state index in [1.807, 2.05) is 4.98 Å². The smallest absolute Gasteiger partial charge is 0.335 e. The van der Waals surface area contributed by atoms with Gasteiger partial charge in [0.2, 0.25) is 5.43 Å². The Morgan fingerprint density at radius 2 is 1.62 bits per heavy atom. The Labute approximate surface area is 153 Å². The maximum absolute atomic E-state index is 13.4. The molecule has 0 atom stereocenters. The molecule has 0 aliphatic heterocycles. The lowest BCUT2D eigenvalue weighted by Crippen LogP contribution is -2.40. The second-order valence-corrected chi connectivity index (χ2v) is 5.80. The standard InChI is InChI=1S/C14H7F8N5O2/c15-12(16,14(20,21)22)5-26-4-6(2-23-26)9-10(13(17,18)19)25-8-1-7(28)3-24-27(8)11(9)29/h1-4,25H,5H2. The van der Waals surface area contributed by atoms with Crippen LogP contribution in [0.25, 0.3) is 16.8 Å². The third kappa shape index (κ3) is 3.71. The molecule has 0 fully saturated rings. The number of aromatic amines is 1. The minimum Gasteiger partial charge on any atom is -0.335 e. The predicted molar refractivity (Wildman–Crippen MR) is 79.3 cm³/mol. The van der Waals surface area contributed by atoms with Crippen molar-refractivity contribution in [3.05, 3.63) is 50.9 Å². The molecule has 0 aliphatic rings. The van der Waals surface area contributed by atoms with Gasteiger partial charge in [-0.25, -0.2) is 0 Å². The first-order valence-electron chi connectivity index (χ1n) is 7.41. The molecule has 7 nitrogen and oxygen atoms in total. The maximum Gasteiger partial charge on any atom is 0.455 e. The zero-order valence-corrected chi connectivity index (χ0v) is 13.6. The van der Waals surface area contributed by atoms with Gasteiger partial charge in [-0.15, -0.1) is 0 Å². The Morgan fingerprint density at radius 3 is 2.21 bits per heavy atom. The summed E-state index contributed by atoms with van der Waals surface area (Å²) >= 11 is 0. The zero-order chi connectivity index (χ0) is 21.8. The third-order valence-corrected chi connectivity index (χ3v) is 3.70. The van der Waals surface area contributed by atoms with Crippen LogP contribution in [0.3, 0.4) is 0 Å². The molecule has 3 heterocycles. The minimum absolute atomic E-state index is 0.0610. The van der Waals surface area contributed by atoms with Crippen LogP contribution >= 0.6 is 0 Å². The predicted octanol–water partition coefficient (Wildman–Crippen LogP) is 2.46. The van der Waals surface area contributed by atoms with E-state index in [-0.39, 0.29) is 4.68 Å². The number of halogens is 8. The maximum atomic E-state index is 13.4. The van der Waals surface area contributed by atoms with Crippen molar-refractivity contribution in [3.63, 3.8) is 0 Å². The van der Waals surface area contributed by atoms with Gasteiger partial charge in [-0.3, -0.25) is 14.3 Å². The summed E-state index contributed by atoms with van der Waals surface area (Å²) in [6.45, 7) is -2.01. The van der Waals surface area contributed by atoms with Crippen molar-refractivity contribution in [1.82, 2.24) is 24.4 Å². The molecular weight excluding hydrogens is 422 g/mol. The van der Waals surface area contributed by atoms with Crippen molar-refractivity contribution in [2.75, 3.05) is 0 Å². The van der Waals surface area contributed by atoms with Crippen molar-refractivity contribution in [2.45, 2.75) is 24.8 Å². The lowest BCUT2D eigenvalue weighted by Gasteiger charge is -2.19.